The first-order valence-corrected chi connectivity index (χ1v) is 7.57. The maximum atomic E-state index is 11.1. The molecule has 0 aliphatic carbocycles. The van der Waals surface area contributed by atoms with Gasteiger partial charge < -0.3 is 15.3 Å². The van der Waals surface area contributed by atoms with Gasteiger partial charge in [0.05, 0.1) is 0 Å². The maximum absolute atomic E-state index is 11.1. The van der Waals surface area contributed by atoms with E-state index in [4.69, 9.17) is 28.3 Å². The molecule has 1 aromatic carbocycles. The molecule has 0 saturated heterocycles. The molecular weight excluding hydrogens is 315 g/mol. The molecule has 0 saturated carbocycles. The van der Waals surface area contributed by atoms with Crippen LogP contribution >= 0.6 is 23.2 Å². The summed E-state index contributed by atoms with van der Waals surface area (Å²) >= 11 is 11.6. The van der Waals surface area contributed by atoms with Crippen LogP contribution in [0.25, 0.3) is 0 Å². The van der Waals surface area contributed by atoms with Crippen molar-refractivity contribution in [3.8, 4) is 0 Å². The lowest BCUT2D eigenvalue weighted by Gasteiger charge is -2.23. The van der Waals surface area contributed by atoms with Crippen molar-refractivity contribution in [3.05, 3.63) is 29.8 Å². The molecule has 5 nitrogen and oxygen atoms in total. The van der Waals surface area contributed by atoms with Gasteiger partial charge in [0.1, 0.15) is 6.04 Å². The summed E-state index contributed by atoms with van der Waals surface area (Å²) in [5.74, 6) is -0.109. The summed E-state index contributed by atoms with van der Waals surface area (Å²) in [5.41, 5.74) is 1.76. The van der Waals surface area contributed by atoms with Crippen LogP contribution in [0.3, 0.4) is 0 Å². The van der Waals surface area contributed by atoms with E-state index in [9.17, 15) is 9.59 Å². The second-order valence-electron chi connectivity index (χ2n) is 4.41. The van der Waals surface area contributed by atoms with Crippen molar-refractivity contribution in [3.63, 3.8) is 0 Å². The third-order valence-corrected chi connectivity index (χ3v) is 3.33. The molecule has 7 heteroatoms. The number of nitrogens with zero attached hydrogens (tertiary/aromatic N) is 1. The first-order chi connectivity index (χ1) is 10.1. The summed E-state index contributed by atoms with van der Waals surface area (Å²) < 4.78 is 0. The fraction of sp³-hybridized carbons (Fsp3) is 0.429. The number of benzene rings is 1. The Labute approximate surface area is 133 Å². The molecular formula is C14H18Cl2N2O3. The first kappa shape index (κ1) is 17.6. The lowest BCUT2D eigenvalue weighted by atomic mass is 10.1. The molecule has 1 amide bonds. The van der Waals surface area contributed by atoms with Gasteiger partial charge in [0.25, 0.3) is 0 Å². The van der Waals surface area contributed by atoms with Gasteiger partial charge in [0.15, 0.2) is 0 Å². The van der Waals surface area contributed by atoms with E-state index in [1.807, 2.05) is 29.2 Å². The number of carbonyl (C=O) groups is 2. The summed E-state index contributed by atoms with van der Waals surface area (Å²) in [5, 5.41) is 11.3. The Kier molecular flexibility index (Phi) is 7.93. The summed E-state index contributed by atoms with van der Waals surface area (Å²) in [6.07, 6.45) is 0.618. The van der Waals surface area contributed by atoms with Gasteiger partial charge in [-0.2, -0.15) is 0 Å². The van der Waals surface area contributed by atoms with Gasteiger partial charge in [-0.3, -0.25) is 4.79 Å². The molecule has 21 heavy (non-hydrogen) atoms. The number of nitrogens with one attached hydrogen (secondary N) is 1. The topological polar surface area (TPSA) is 69.6 Å². The second kappa shape index (κ2) is 9.47. The van der Waals surface area contributed by atoms with E-state index in [0.717, 1.165) is 11.3 Å². The lowest BCUT2D eigenvalue weighted by molar-refractivity contribution is -0.140. The van der Waals surface area contributed by atoms with E-state index in [1.54, 1.807) is 0 Å². The van der Waals surface area contributed by atoms with E-state index >= 15 is 0 Å². The van der Waals surface area contributed by atoms with Gasteiger partial charge in [-0.05, 0) is 17.7 Å². The molecule has 0 unspecified atom stereocenters. The van der Waals surface area contributed by atoms with Crippen LogP contribution in [-0.4, -0.2) is 48.4 Å². The Bertz CT molecular complexity index is 465. The highest BCUT2D eigenvalue weighted by atomic mass is 35.5. The molecule has 0 aromatic heterocycles. The zero-order chi connectivity index (χ0) is 15.7. The average Bonchev–Trinajstić information content (AvgIpc) is 2.47. The third kappa shape index (κ3) is 5.81. The zero-order valence-corrected chi connectivity index (χ0v) is 13.0. The molecule has 0 radical (unpaired) electrons. The van der Waals surface area contributed by atoms with Crippen LogP contribution < -0.4 is 10.2 Å². The fourth-order valence-corrected chi connectivity index (χ4v) is 2.40. The van der Waals surface area contributed by atoms with Crippen molar-refractivity contribution in [2.24, 2.45) is 0 Å². The van der Waals surface area contributed by atoms with E-state index in [2.05, 4.69) is 5.32 Å². The summed E-state index contributed by atoms with van der Waals surface area (Å²) in [4.78, 5) is 23.5. The number of aliphatic carboxylic acids is 1. The zero-order valence-electron chi connectivity index (χ0n) is 11.5. The third-order valence-electron chi connectivity index (χ3n) is 2.99. The van der Waals surface area contributed by atoms with Gasteiger partial charge in [-0.1, -0.05) is 12.1 Å². The van der Waals surface area contributed by atoms with Crippen LogP contribution in [0.1, 0.15) is 5.56 Å². The van der Waals surface area contributed by atoms with Crippen molar-refractivity contribution in [1.29, 1.82) is 0 Å². The van der Waals surface area contributed by atoms with Crippen LogP contribution in [-0.2, 0) is 16.0 Å². The predicted molar refractivity (Wildman–Crippen MR) is 84.4 cm³/mol. The second-order valence-corrected chi connectivity index (χ2v) is 5.17. The molecule has 0 bridgehead atoms. The number of carboxylic acid groups (broad SMARTS) is 1. The molecule has 1 rings (SSSR count). The Morgan fingerprint density at radius 2 is 2.00 bits per heavy atom. The summed E-state index contributed by atoms with van der Waals surface area (Å²) in [6, 6.07) is 6.55. The summed E-state index contributed by atoms with van der Waals surface area (Å²) in [7, 11) is 0. The minimum atomic E-state index is -1.06. The van der Waals surface area contributed by atoms with E-state index in [-0.39, 0.29) is 6.42 Å². The number of hydrogen-bond acceptors (Lipinski definition) is 3. The molecule has 1 atom stereocenters. The average molecular weight is 333 g/mol. The van der Waals surface area contributed by atoms with Crippen LogP contribution in [0.2, 0.25) is 0 Å². The largest absolute Gasteiger partial charge is 0.480 e. The van der Waals surface area contributed by atoms with Crippen LogP contribution in [0.5, 0.6) is 0 Å². The number of halogens is 2. The number of alkyl halides is 2. The van der Waals surface area contributed by atoms with Crippen molar-refractivity contribution >= 4 is 41.3 Å². The number of carboxylic acids is 1. The standard InChI is InChI=1S/C14H18Cl2N2O3/c15-4-6-18(7-5-16)12-3-1-2-11(8-12)9-13(14(20)21)17-10-19/h1-3,8,10,13H,4-7,9H2,(H,17,19)(H,20,21)/t13-/m1/s1. The van der Waals surface area contributed by atoms with Crippen molar-refractivity contribution in [2.75, 3.05) is 29.7 Å². The number of hydrogen-bond donors (Lipinski definition) is 2. The Balaban J connectivity index is 2.87. The van der Waals surface area contributed by atoms with E-state index in [1.165, 1.54) is 0 Å². The van der Waals surface area contributed by atoms with Crippen molar-refractivity contribution < 1.29 is 14.7 Å². The fourth-order valence-electron chi connectivity index (χ4n) is 1.99. The number of amides is 1. The Morgan fingerprint density at radius 3 is 2.52 bits per heavy atom. The molecule has 1 aromatic rings. The number of carbonyl (C=O) groups excluding carboxylic acids is 1. The van der Waals surface area contributed by atoms with E-state index in [0.29, 0.717) is 31.3 Å². The molecule has 0 aliphatic heterocycles. The normalized spacial score (nSPS) is 11.7. The minimum absolute atomic E-state index is 0.220. The van der Waals surface area contributed by atoms with Crippen molar-refractivity contribution in [2.45, 2.75) is 12.5 Å². The van der Waals surface area contributed by atoms with Crippen molar-refractivity contribution in [1.82, 2.24) is 5.32 Å². The molecule has 0 aliphatic rings. The SMILES string of the molecule is O=CN[C@H](Cc1cccc(N(CCCl)CCCl)c1)C(=O)O. The van der Waals surface area contributed by atoms with Gasteiger partial charge in [-0.15, -0.1) is 23.2 Å². The highest BCUT2D eigenvalue weighted by Crippen LogP contribution is 2.17. The maximum Gasteiger partial charge on any atom is 0.326 e. The van der Waals surface area contributed by atoms with Gasteiger partial charge >= 0.3 is 5.97 Å². The Hall–Kier alpha value is -1.46. The number of anilines is 1. The number of rotatable bonds is 10. The van der Waals surface area contributed by atoms with E-state index < -0.39 is 12.0 Å². The van der Waals surface area contributed by atoms with Crippen LogP contribution in [0, 0.1) is 0 Å². The summed E-state index contributed by atoms with van der Waals surface area (Å²) in [6.45, 7) is 1.32. The van der Waals surface area contributed by atoms with Gasteiger partial charge in [0, 0.05) is 37.0 Å². The monoisotopic (exact) mass is 332 g/mol. The first-order valence-electron chi connectivity index (χ1n) is 6.50. The van der Waals surface area contributed by atoms with Crippen LogP contribution in [0.4, 0.5) is 5.69 Å². The quantitative estimate of drug-likeness (QED) is 0.505. The smallest absolute Gasteiger partial charge is 0.326 e. The van der Waals surface area contributed by atoms with Gasteiger partial charge in [0.2, 0.25) is 6.41 Å². The highest BCUT2D eigenvalue weighted by molar-refractivity contribution is 6.18. The molecule has 116 valence electrons. The molecule has 2 N–H and O–H groups in total. The molecule has 0 heterocycles. The highest BCUT2D eigenvalue weighted by Gasteiger charge is 2.17. The Morgan fingerprint density at radius 1 is 1.33 bits per heavy atom. The predicted octanol–water partition coefficient (Wildman–Crippen LogP) is 1.71. The lowest BCUT2D eigenvalue weighted by Crippen LogP contribution is -2.37. The molecule has 0 spiro atoms. The van der Waals surface area contributed by atoms with Crippen LogP contribution in [0.15, 0.2) is 24.3 Å². The molecule has 0 fully saturated rings. The minimum Gasteiger partial charge on any atom is -0.480 e. The van der Waals surface area contributed by atoms with Gasteiger partial charge in [-0.25, -0.2) is 4.79 Å².